The molecular formula is C26H18Cl3N3O2S. The highest BCUT2D eigenvalue weighted by molar-refractivity contribution is 8.05. The lowest BCUT2D eigenvalue weighted by molar-refractivity contribution is -0.117. The second-order valence-electron chi connectivity index (χ2n) is 7.67. The quantitative estimate of drug-likeness (QED) is 0.289. The van der Waals surface area contributed by atoms with Gasteiger partial charge in [0.1, 0.15) is 16.7 Å². The Labute approximate surface area is 222 Å². The van der Waals surface area contributed by atoms with Crippen molar-refractivity contribution in [2.24, 2.45) is 0 Å². The summed E-state index contributed by atoms with van der Waals surface area (Å²) in [5.74, 6) is -0.803. The third kappa shape index (κ3) is 5.83. The van der Waals surface area contributed by atoms with Gasteiger partial charge in [0.25, 0.3) is 5.91 Å². The van der Waals surface area contributed by atoms with Crippen LogP contribution in [0.3, 0.4) is 0 Å². The summed E-state index contributed by atoms with van der Waals surface area (Å²) in [7, 11) is 0. The molecule has 2 amide bonds. The number of anilines is 1. The van der Waals surface area contributed by atoms with E-state index in [0.29, 0.717) is 27.2 Å². The van der Waals surface area contributed by atoms with Crippen molar-refractivity contribution in [2.45, 2.75) is 18.2 Å². The van der Waals surface area contributed by atoms with Crippen molar-refractivity contribution in [2.75, 3.05) is 4.90 Å². The van der Waals surface area contributed by atoms with Gasteiger partial charge in [-0.3, -0.25) is 14.5 Å². The molecule has 0 aliphatic carbocycles. The SMILES string of the molecule is N#C/C(C(=O)NCc1ccccc1)=C1/S[C@H](Cc2ccc(Cl)c(Cl)c2)C(=O)N1c1ccc(Cl)cc1. The molecule has 35 heavy (non-hydrogen) atoms. The number of benzene rings is 3. The van der Waals surface area contributed by atoms with Crippen LogP contribution in [0.25, 0.3) is 0 Å². The molecule has 4 rings (SSSR count). The maximum atomic E-state index is 13.5. The van der Waals surface area contributed by atoms with Crippen LogP contribution in [-0.4, -0.2) is 17.1 Å². The van der Waals surface area contributed by atoms with Crippen LogP contribution < -0.4 is 10.2 Å². The predicted octanol–water partition coefficient (Wildman–Crippen LogP) is 6.39. The highest BCUT2D eigenvalue weighted by atomic mass is 35.5. The van der Waals surface area contributed by atoms with Crippen molar-refractivity contribution >= 4 is 64.1 Å². The van der Waals surface area contributed by atoms with E-state index in [4.69, 9.17) is 34.8 Å². The van der Waals surface area contributed by atoms with E-state index in [1.54, 1.807) is 42.5 Å². The second-order valence-corrected chi connectivity index (χ2v) is 10.1. The Balaban J connectivity index is 1.67. The third-order valence-electron chi connectivity index (χ3n) is 5.29. The molecule has 3 aromatic carbocycles. The van der Waals surface area contributed by atoms with Gasteiger partial charge in [-0.15, -0.1) is 0 Å². The lowest BCUT2D eigenvalue weighted by atomic mass is 10.1. The van der Waals surface area contributed by atoms with Crippen molar-refractivity contribution in [1.82, 2.24) is 5.32 Å². The summed E-state index contributed by atoms with van der Waals surface area (Å²) in [5, 5.41) is 13.7. The number of hydrogen-bond donors (Lipinski definition) is 1. The number of nitrogens with zero attached hydrogens (tertiary/aromatic N) is 2. The molecule has 1 fully saturated rings. The van der Waals surface area contributed by atoms with Gasteiger partial charge in [-0.1, -0.05) is 83.0 Å². The van der Waals surface area contributed by atoms with Crippen molar-refractivity contribution in [3.8, 4) is 6.07 Å². The topological polar surface area (TPSA) is 73.2 Å². The molecule has 3 aromatic rings. The fourth-order valence-corrected chi connectivity index (χ4v) is 5.31. The molecule has 1 aliphatic heterocycles. The minimum absolute atomic E-state index is 0.133. The number of nitrogens with one attached hydrogen (secondary N) is 1. The Kier molecular flexibility index (Phi) is 8.04. The maximum Gasteiger partial charge on any atom is 0.264 e. The van der Waals surface area contributed by atoms with Crippen LogP contribution in [0.1, 0.15) is 11.1 Å². The normalized spacial score (nSPS) is 16.7. The van der Waals surface area contributed by atoms with Crippen LogP contribution in [0.4, 0.5) is 5.69 Å². The summed E-state index contributed by atoms with van der Waals surface area (Å²) in [6.45, 7) is 0.254. The van der Waals surface area contributed by atoms with Crippen LogP contribution in [0, 0.1) is 11.3 Å². The molecule has 1 N–H and O–H groups in total. The zero-order chi connectivity index (χ0) is 24.9. The molecule has 0 unspecified atom stereocenters. The molecule has 9 heteroatoms. The first kappa shape index (κ1) is 25.2. The van der Waals surface area contributed by atoms with Gasteiger partial charge in [0.05, 0.1) is 15.3 Å². The van der Waals surface area contributed by atoms with Gasteiger partial charge >= 0.3 is 0 Å². The molecule has 0 bridgehead atoms. The zero-order valence-electron chi connectivity index (χ0n) is 18.2. The van der Waals surface area contributed by atoms with E-state index >= 15 is 0 Å². The van der Waals surface area contributed by atoms with E-state index in [1.807, 2.05) is 36.4 Å². The van der Waals surface area contributed by atoms with Gasteiger partial charge < -0.3 is 5.32 Å². The molecule has 0 radical (unpaired) electrons. The molecule has 1 atom stereocenters. The Bertz CT molecular complexity index is 1340. The summed E-state index contributed by atoms with van der Waals surface area (Å²) in [6, 6.07) is 23.2. The van der Waals surface area contributed by atoms with Crippen LogP contribution in [0.15, 0.2) is 83.4 Å². The summed E-state index contributed by atoms with van der Waals surface area (Å²) in [5.41, 5.74) is 2.09. The number of carbonyl (C=O) groups is 2. The molecule has 176 valence electrons. The molecule has 1 saturated heterocycles. The summed E-state index contributed by atoms with van der Waals surface area (Å²) < 4.78 is 0. The van der Waals surface area contributed by atoms with Crippen LogP contribution in [0.2, 0.25) is 15.1 Å². The molecule has 5 nitrogen and oxygen atoms in total. The minimum atomic E-state index is -0.566. The largest absolute Gasteiger partial charge is 0.347 e. The van der Waals surface area contributed by atoms with Gasteiger partial charge in [0, 0.05) is 17.3 Å². The fourth-order valence-electron chi connectivity index (χ4n) is 3.56. The van der Waals surface area contributed by atoms with Crippen molar-refractivity contribution in [3.63, 3.8) is 0 Å². The lowest BCUT2D eigenvalue weighted by Crippen LogP contribution is -2.32. The van der Waals surface area contributed by atoms with Gasteiger partial charge in [-0.25, -0.2) is 0 Å². The average Bonchev–Trinajstić information content (AvgIpc) is 3.17. The number of thioether (sulfide) groups is 1. The van der Waals surface area contributed by atoms with E-state index < -0.39 is 11.2 Å². The van der Waals surface area contributed by atoms with Crippen molar-refractivity contribution in [3.05, 3.63) is 110 Å². The first-order valence-electron chi connectivity index (χ1n) is 10.5. The van der Waals surface area contributed by atoms with E-state index in [1.165, 1.54) is 16.7 Å². The molecule has 0 aromatic heterocycles. The number of hydrogen-bond acceptors (Lipinski definition) is 4. The highest BCUT2D eigenvalue weighted by Crippen LogP contribution is 2.42. The summed E-state index contributed by atoms with van der Waals surface area (Å²) in [4.78, 5) is 27.9. The van der Waals surface area contributed by atoms with Gasteiger partial charge in [0.15, 0.2) is 0 Å². The van der Waals surface area contributed by atoms with E-state index in [2.05, 4.69) is 5.32 Å². The van der Waals surface area contributed by atoms with E-state index in [0.717, 1.165) is 11.1 Å². The van der Waals surface area contributed by atoms with Gasteiger partial charge in [0.2, 0.25) is 5.91 Å². The Hall–Kier alpha value is -2.95. The van der Waals surface area contributed by atoms with Crippen molar-refractivity contribution < 1.29 is 9.59 Å². The maximum absolute atomic E-state index is 13.5. The molecule has 1 aliphatic rings. The monoisotopic (exact) mass is 541 g/mol. The minimum Gasteiger partial charge on any atom is -0.347 e. The molecule has 0 saturated carbocycles. The summed E-state index contributed by atoms with van der Waals surface area (Å²) >= 11 is 19.4. The number of amides is 2. The van der Waals surface area contributed by atoms with Crippen LogP contribution >= 0.6 is 46.6 Å². The summed E-state index contributed by atoms with van der Waals surface area (Å²) in [6.07, 6.45) is 0.346. The smallest absolute Gasteiger partial charge is 0.264 e. The fraction of sp³-hybridized carbons (Fsp3) is 0.115. The first-order chi connectivity index (χ1) is 16.9. The lowest BCUT2D eigenvalue weighted by Gasteiger charge is -2.19. The Morgan fingerprint density at radius 2 is 1.69 bits per heavy atom. The molecule has 1 heterocycles. The number of carbonyl (C=O) groups excluding carboxylic acids is 2. The Morgan fingerprint density at radius 3 is 2.34 bits per heavy atom. The van der Waals surface area contributed by atoms with E-state index in [9.17, 15) is 14.9 Å². The number of halogens is 3. The second kappa shape index (κ2) is 11.2. The van der Waals surface area contributed by atoms with Crippen molar-refractivity contribution in [1.29, 1.82) is 5.26 Å². The number of nitriles is 1. The standard InChI is InChI=1S/C26H18Cl3N3O2S/c27-18-7-9-19(10-8-18)32-25(34)23(13-17-6-11-21(28)22(29)12-17)35-26(32)20(14-30)24(33)31-15-16-4-2-1-3-5-16/h1-12,23H,13,15H2,(H,31,33)/b26-20-/t23-/m1/s1. The predicted molar refractivity (Wildman–Crippen MR) is 141 cm³/mol. The van der Waals surface area contributed by atoms with Gasteiger partial charge in [-0.2, -0.15) is 5.26 Å². The molecular weight excluding hydrogens is 525 g/mol. The van der Waals surface area contributed by atoms with Gasteiger partial charge in [-0.05, 0) is 53.9 Å². The van der Waals surface area contributed by atoms with Crippen LogP contribution in [0.5, 0.6) is 0 Å². The van der Waals surface area contributed by atoms with Crippen LogP contribution in [-0.2, 0) is 22.6 Å². The average molecular weight is 543 g/mol. The van der Waals surface area contributed by atoms with E-state index in [-0.39, 0.29) is 23.1 Å². The molecule has 0 spiro atoms. The zero-order valence-corrected chi connectivity index (χ0v) is 21.3. The first-order valence-corrected chi connectivity index (χ1v) is 12.6. The Morgan fingerprint density at radius 1 is 0.971 bits per heavy atom. The highest BCUT2D eigenvalue weighted by Gasteiger charge is 2.40. The number of rotatable bonds is 6. The third-order valence-corrected chi connectivity index (χ3v) is 7.55.